The van der Waals surface area contributed by atoms with Gasteiger partial charge in [-0.05, 0) is 164 Å². The zero-order chi connectivity index (χ0) is 43.9. The fraction of sp³-hybridized carbons (Fsp3) is 0.200. The third kappa shape index (κ3) is 7.08. The van der Waals surface area contributed by atoms with Crippen LogP contribution >= 0.6 is 0 Å². The topological polar surface area (TPSA) is 3.24 Å². The summed E-state index contributed by atoms with van der Waals surface area (Å²) < 4.78 is 0. The van der Waals surface area contributed by atoms with Gasteiger partial charge in [-0.1, -0.05) is 202 Å². The van der Waals surface area contributed by atoms with E-state index >= 15 is 0 Å². The first-order chi connectivity index (χ1) is 32.7. The lowest BCUT2D eigenvalue weighted by Crippen LogP contribution is -2.29. The molecule has 0 atom stereocenters. The third-order valence-corrected chi connectivity index (χ3v) is 15.5. The summed E-state index contributed by atoms with van der Waals surface area (Å²) in [6.45, 7) is 0. The van der Waals surface area contributed by atoms with Gasteiger partial charge in [0.15, 0.2) is 0 Å². The first kappa shape index (κ1) is 40.5. The number of hydrogen-bond donors (Lipinski definition) is 0. The van der Waals surface area contributed by atoms with Gasteiger partial charge in [0.2, 0.25) is 0 Å². The molecule has 12 rings (SSSR count). The van der Waals surface area contributed by atoms with Crippen LogP contribution in [0.3, 0.4) is 0 Å². The normalized spacial score (nSPS) is 15.9. The summed E-state index contributed by atoms with van der Waals surface area (Å²) in [4.78, 5) is 2.51. The van der Waals surface area contributed by atoms with E-state index in [-0.39, 0.29) is 0 Å². The van der Waals surface area contributed by atoms with E-state index in [1.807, 2.05) is 0 Å². The van der Waals surface area contributed by atoms with Gasteiger partial charge in [-0.25, -0.2) is 0 Å². The fourth-order valence-electron chi connectivity index (χ4n) is 12.4. The maximum absolute atomic E-state index is 2.56. The summed E-state index contributed by atoms with van der Waals surface area (Å²) in [7, 11) is 0. The first-order valence-electron chi connectivity index (χ1n) is 24.7. The molecule has 1 nitrogen and oxygen atoms in total. The molecule has 0 unspecified atom stereocenters. The van der Waals surface area contributed by atoms with Gasteiger partial charge < -0.3 is 4.90 Å². The molecule has 9 aromatic rings. The zero-order valence-electron chi connectivity index (χ0n) is 37.9. The van der Waals surface area contributed by atoms with Gasteiger partial charge in [-0.15, -0.1) is 0 Å². The molecule has 9 aromatic carbocycles. The van der Waals surface area contributed by atoms with Crippen LogP contribution in [0.4, 0.5) is 17.1 Å². The second-order valence-electron chi connectivity index (χ2n) is 19.2. The van der Waals surface area contributed by atoms with E-state index in [1.165, 1.54) is 153 Å². The summed E-state index contributed by atoms with van der Waals surface area (Å²) in [6.07, 6.45) is 13.1. The Kier molecular flexibility index (Phi) is 10.7. The van der Waals surface area contributed by atoms with Crippen molar-refractivity contribution in [1.82, 2.24) is 0 Å². The molecule has 0 aliphatic heterocycles. The lowest BCUT2D eigenvalue weighted by molar-refractivity contribution is 0.443. The Hall–Kier alpha value is -6.96. The second-order valence-corrected chi connectivity index (χ2v) is 19.2. The lowest BCUT2D eigenvalue weighted by Gasteiger charge is -2.35. The highest BCUT2D eigenvalue weighted by Crippen LogP contribution is 2.59. The van der Waals surface area contributed by atoms with Crippen molar-refractivity contribution in [2.45, 2.75) is 81.5 Å². The maximum atomic E-state index is 2.56. The van der Waals surface area contributed by atoms with Crippen LogP contribution in [-0.2, 0) is 5.41 Å². The highest BCUT2D eigenvalue weighted by atomic mass is 15.1. The molecule has 2 saturated carbocycles. The minimum absolute atomic E-state index is 0.488. The van der Waals surface area contributed by atoms with Crippen molar-refractivity contribution < 1.29 is 0 Å². The molecule has 66 heavy (non-hydrogen) atoms. The van der Waals surface area contributed by atoms with Crippen LogP contribution in [-0.4, -0.2) is 0 Å². The number of nitrogens with zero attached hydrogens (tertiary/aromatic N) is 1. The minimum atomic E-state index is -0.488. The van der Waals surface area contributed by atoms with Crippen molar-refractivity contribution in [2.75, 3.05) is 4.90 Å². The van der Waals surface area contributed by atoms with E-state index in [2.05, 4.69) is 217 Å². The highest BCUT2D eigenvalue weighted by Gasteiger charge is 2.47. The molecule has 3 aliphatic rings. The maximum Gasteiger partial charge on any atom is 0.0714 e. The standard InChI is InChI=1S/C65H57N/c1-6-19-46(20-7-1)47-33-37-55(38-34-47)66(56-39-35-50(36-40-56)61-44-52-26-17-16-25-51(52)43-60(61)49-23-10-3-11-24-49)57-41-42-59-63(45-57)65(53-27-12-4-13-28-53,54-29-14-5-15-30-54)62-32-18-31-58(64(59)62)48-21-8-2-9-22-48/h3-5,10-18,23-46,48H,1-2,6-9,19-22H2. The largest absolute Gasteiger partial charge is 0.310 e. The number of anilines is 3. The second kappa shape index (κ2) is 17.4. The number of benzene rings is 9. The van der Waals surface area contributed by atoms with Gasteiger partial charge in [0, 0.05) is 17.1 Å². The fourth-order valence-corrected chi connectivity index (χ4v) is 12.4. The Bertz CT molecular complexity index is 3080. The van der Waals surface area contributed by atoms with Crippen molar-refractivity contribution >= 4 is 27.8 Å². The molecule has 0 bridgehead atoms. The minimum Gasteiger partial charge on any atom is -0.310 e. The van der Waals surface area contributed by atoms with Crippen LogP contribution in [0.15, 0.2) is 212 Å². The van der Waals surface area contributed by atoms with E-state index in [4.69, 9.17) is 0 Å². The van der Waals surface area contributed by atoms with Crippen molar-refractivity contribution in [1.29, 1.82) is 0 Å². The van der Waals surface area contributed by atoms with Gasteiger partial charge in [-0.3, -0.25) is 0 Å². The van der Waals surface area contributed by atoms with Crippen molar-refractivity contribution in [2.24, 2.45) is 0 Å². The Morgan fingerprint density at radius 2 is 0.848 bits per heavy atom. The summed E-state index contributed by atoms with van der Waals surface area (Å²) in [5.74, 6) is 1.22. The van der Waals surface area contributed by atoms with Crippen LogP contribution in [0.25, 0.3) is 44.2 Å². The molecule has 1 heteroatoms. The summed E-state index contributed by atoms with van der Waals surface area (Å²) in [6, 6.07) is 80.7. The van der Waals surface area contributed by atoms with E-state index in [9.17, 15) is 0 Å². The van der Waals surface area contributed by atoms with Crippen molar-refractivity contribution in [3.63, 3.8) is 0 Å². The lowest BCUT2D eigenvalue weighted by atomic mass is 9.67. The van der Waals surface area contributed by atoms with Gasteiger partial charge in [0.25, 0.3) is 0 Å². The summed E-state index contributed by atoms with van der Waals surface area (Å²) >= 11 is 0. The van der Waals surface area contributed by atoms with E-state index in [1.54, 1.807) is 0 Å². The molecule has 0 aromatic heterocycles. The molecule has 0 spiro atoms. The smallest absolute Gasteiger partial charge is 0.0714 e. The van der Waals surface area contributed by atoms with Gasteiger partial charge in [0.1, 0.15) is 0 Å². The number of rotatable bonds is 9. The van der Waals surface area contributed by atoms with Crippen molar-refractivity contribution in [3.8, 4) is 33.4 Å². The predicted octanol–water partition coefficient (Wildman–Crippen LogP) is 18.1. The zero-order valence-corrected chi connectivity index (χ0v) is 37.9. The van der Waals surface area contributed by atoms with Gasteiger partial charge in [0.05, 0.1) is 5.41 Å². The molecule has 2 fully saturated rings. The molecule has 0 heterocycles. The molecule has 0 N–H and O–H groups in total. The van der Waals surface area contributed by atoms with E-state index in [0.717, 1.165) is 5.69 Å². The average molecular weight is 852 g/mol. The quantitative estimate of drug-likeness (QED) is 0.140. The predicted molar refractivity (Wildman–Crippen MR) is 278 cm³/mol. The van der Waals surface area contributed by atoms with Crippen LogP contribution in [0.1, 0.15) is 109 Å². The average Bonchev–Trinajstić information content (AvgIpc) is 3.70. The molecule has 0 saturated heterocycles. The van der Waals surface area contributed by atoms with Crippen LogP contribution in [0, 0.1) is 0 Å². The van der Waals surface area contributed by atoms with E-state index in [0.29, 0.717) is 11.8 Å². The third-order valence-electron chi connectivity index (χ3n) is 15.5. The molecule has 0 radical (unpaired) electrons. The molecule has 3 aliphatic carbocycles. The SMILES string of the molecule is c1ccc(-c2cc3ccccc3cc2-c2ccc(N(c3ccc(C4CCCCC4)cc3)c3ccc4c(c3)C(c3ccccc3)(c3ccccc3)c3cccc(C5CCCCC5)c3-4)cc2)cc1. The number of hydrogen-bond acceptors (Lipinski definition) is 1. The monoisotopic (exact) mass is 851 g/mol. The van der Waals surface area contributed by atoms with E-state index < -0.39 is 5.41 Å². The molecule has 322 valence electrons. The van der Waals surface area contributed by atoms with Gasteiger partial charge in [-0.2, -0.15) is 0 Å². The molecular formula is C65H57N. The van der Waals surface area contributed by atoms with Crippen LogP contribution in [0.5, 0.6) is 0 Å². The first-order valence-corrected chi connectivity index (χ1v) is 24.7. The van der Waals surface area contributed by atoms with Gasteiger partial charge >= 0.3 is 0 Å². The number of fused-ring (bicyclic) bond motifs is 4. The highest BCUT2D eigenvalue weighted by molar-refractivity contribution is 5.97. The van der Waals surface area contributed by atoms with Crippen LogP contribution in [0.2, 0.25) is 0 Å². The van der Waals surface area contributed by atoms with Crippen molar-refractivity contribution in [3.05, 3.63) is 246 Å². The Morgan fingerprint density at radius 3 is 1.44 bits per heavy atom. The summed E-state index contributed by atoms with van der Waals surface area (Å²) in [5, 5.41) is 2.51. The Morgan fingerprint density at radius 1 is 0.348 bits per heavy atom. The summed E-state index contributed by atoms with van der Waals surface area (Å²) in [5.41, 5.74) is 19.2. The molecule has 0 amide bonds. The Balaban J connectivity index is 1.05. The Labute approximate surface area is 391 Å². The molecular weight excluding hydrogens is 795 g/mol. The van der Waals surface area contributed by atoms with Crippen LogP contribution < -0.4 is 4.90 Å².